The predicted molar refractivity (Wildman–Crippen MR) is 81.3 cm³/mol. The van der Waals surface area contributed by atoms with E-state index in [9.17, 15) is 8.42 Å². The first-order valence-electron chi connectivity index (χ1n) is 5.88. The molecule has 0 N–H and O–H groups in total. The molecule has 0 amide bonds. The highest BCUT2D eigenvalue weighted by molar-refractivity contribution is 9.11. The van der Waals surface area contributed by atoms with Gasteiger partial charge in [0.2, 0.25) is 0 Å². The third-order valence-corrected chi connectivity index (χ3v) is 7.23. The number of hydrogen-bond acceptors (Lipinski definition) is 3. The molecule has 3 nitrogen and oxygen atoms in total. The van der Waals surface area contributed by atoms with Gasteiger partial charge in [-0.05, 0) is 53.0 Å². The molecule has 19 heavy (non-hydrogen) atoms. The fraction of sp³-hybridized carbons (Fsp3) is 0.231. The van der Waals surface area contributed by atoms with Gasteiger partial charge in [-0.2, -0.15) is 0 Å². The summed E-state index contributed by atoms with van der Waals surface area (Å²) >= 11 is 4.56. The zero-order valence-corrected chi connectivity index (χ0v) is 13.4. The van der Waals surface area contributed by atoms with Crippen molar-refractivity contribution in [3.8, 4) is 0 Å². The smallest absolute Gasteiger partial charge is 0.262 e. The topological polar surface area (TPSA) is 37.4 Å². The molecule has 1 aliphatic heterocycles. The average molecular weight is 358 g/mol. The number of sulfonamides is 1. The number of anilines is 1. The summed E-state index contributed by atoms with van der Waals surface area (Å²) in [6.07, 6.45) is 0.766. The van der Waals surface area contributed by atoms with Gasteiger partial charge in [0.25, 0.3) is 10.0 Å². The van der Waals surface area contributed by atoms with Crippen molar-refractivity contribution in [1.82, 2.24) is 0 Å². The molecule has 6 heteroatoms. The van der Waals surface area contributed by atoms with Crippen LogP contribution in [0.4, 0.5) is 5.69 Å². The van der Waals surface area contributed by atoms with Gasteiger partial charge in [0.15, 0.2) is 0 Å². The van der Waals surface area contributed by atoms with E-state index in [1.165, 1.54) is 11.3 Å². The van der Waals surface area contributed by atoms with E-state index in [0.29, 0.717) is 4.21 Å². The summed E-state index contributed by atoms with van der Waals surface area (Å²) in [5.74, 6) is 0. The number of hydrogen-bond donors (Lipinski definition) is 0. The minimum atomic E-state index is -3.46. The number of fused-ring (bicyclic) bond motifs is 1. The van der Waals surface area contributed by atoms with E-state index in [-0.39, 0.29) is 6.04 Å². The van der Waals surface area contributed by atoms with Crippen molar-refractivity contribution in [2.45, 2.75) is 23.6 Å². The van der Waals surface area contributed by atoms with Crippen LogP contribution in [-0.2, 0) is 16.4 Å². The molecular weight excluding hydrogens is 346 g/mol. The van der Waals surface area contributed by atoms with Gasteiger partial charge < -0.3 is 0 Å². The first kappa shape index (κ1) is 13.1. The Balaban J connectivity index is 2.12. The molecule has 0 saturated carbocycles. The summed E-state index contributed by atoms with van der Waals surface area (Å²) in [6, 6.07) is 11.1. The van der Waals surface area contributed by atoms with Crippen LogP contribution in [0.25, 0.3) is 0 Å². The van der Waals surface area contributed by atoms with Crippen LogP contribution in [0.15, 0.2) is 44.4 Å². The van der Waals surface area contributed by atoms with Gasteiger partial charge in [0.05, 0.1) is 9.47 Å². The number of nitrogens with zero attached hydrogens (tertiary/aromatic N) is 1. The second kappa shape index (κ2) is 4.61. The Morgan fingerprint density at radius 1 is 1.26 bits per heavy atom. The molecule has 1 aliphatic rings. The molecule has 2 heterocycles. The SMILES string of the molecule is C[C@@H]1Cc2ccccc2N1S(=O)(=O)c1ccc(Br)s1. The van der Waals surface area contributed by atoms with Crippen LogP contribution in [0.5, 0.6) is 0 Å². The molecule has 0 saturated heterocycles. The minimum Gasteiger partial charge on any atom is -0.262 e. The van der Waals surface area contributed by atoms with Gasteiger partial charge in [0, 0.05) is 6.04 Å². The Bertz CT molecular complexity index is 724. The fourth-order valence-corrected chi connectivity index (χ4v) is 6.23. The number of thiophene rings is 1. The van der Waals surface area contributed by atoms with E-state index in [1.54, 1.807) is 16.4 Å². The van der Waals surface area contributed by atoms with Crippen molar-refractivity contribution in [2.75, 3.05) is 4.31 Å². The summed E-state index contributed by atoms with van der Waals surface area (Å²) in [7, 11) is -3.46. The average Bonchev–Trinajstić information content (AvgIpc) is 2.92. The Hall–Kier alpha value is -0.850. The Morgan fingerprint density at radius 3 is 2.68 bits per heavy atom. The van der Waals surface area contributed by atoms with Crippen LogP contribution in [0, 0.1) is 0 Å². The van der Waals surface area contributed by atoms with Crippen molar-refractivity contribution in [3.63, 3.8) is 0 Å². The van der Waals surface area contributed by atoms with Crippen molar-refractivity contribution in [1.29, 1.82) is 0 Å². The lowest BCUT2D eigenvalue weighted by molar-refractivity contribution is 0.586. The molecule has 0 radical (unpaired) electrons. The van der Waals surface area contributed by atoms with Crippen LogP contribution >= 0.6 is 27.3 Å². The fourth-order valence-electron chi connectivity index (χ4n) is 2.44. The maximum Gasteiger partial charge on any atom is 0.274 e. The third-order valence-electron chi connectivity index (χ3n) is 3.21. The zero-order valence-electron chi connectivity index (χ0n) is 10.2. The largest absolute Gasteiger partial charge is 0.274 e. The van der Waals surface area contributed by atoms with E-state index in [2.05, 4.69) is 15.9 Å². The molecule has 100 valence electrons. The highest BCUT2D eigenvalue weighted by Crippen LogP contribution is 2.38. The summed E-state index contributed by atoms with van der Waals surface area (Å²) in [5.41, 5.74) is 1.90. The first-order valence-corrected chi connectivity index (χ1v) is 8.93. The molecule has 0 bridgehead atoms. The van der Waals surface area contributed by atoms with Gasteiger partial charge >= 0.3 is 0 Å². The maximum absolute atomic E-state index is 12.7. The van der Waals surface area contributed by atoms with Crippen molar-refractivity contribution >= 4 is 43.0 Å². The molecule has 0 fully saturated rings. The van der Waals surface area contributed by atoms with E-state index in [4.69, 9.17) is 0 Å². The molecule has 0 unspecified atom stereocenters. The molecule has 3 rings (SSSR count). The van der Waals surface area contributed by atoms with Crippen molar-refractivity contribution in [2.24, 2.45) is 0 Å². The van der Waals surface area contributed by atoms with Crippen LogP contribution in [0.2, 0.25) is 0 Å². The normalized spacial score (nSPS) is 18.6. The van der Waals surface area contributed by atoms with Gasteiger partial charge in [-0.25, -0.2) is 8.42 Å². The zero-order chi connectivity index (χ0) is 13.6. The highest BCUT2D eigenvalue weighted by atomic mass is 79.9. The molecule has 1 aromatic carbocycles. The van der Waals surface area contributed by atoms with E-state index >= 15 is 0 Å². The second-order valence-corrected chi connectivity index (χ2v) is 9.05. The van der Waals surface area contributed by atoms with E-state index < -0.39 is 10.0 Å². The van der Waals surface area contributed by atoms with Crippen LogP contribution in [-0.4, -0.2) is 14.5 Å². The van der Waals surface area contributed by atoms with E-state index in [1.807, 2.05) is 31.2 Å². The van der Waals surface area contributed by atoms with E-state index in [0.717, 1.165) is 21.5 Å². The lowest BCUT2D eigenvalue weighted by Gasteiger charge is -2.23. The molecule has 1 aromatic heterocycles. The molecule has 0 spiro atoms. The highest BCUT2D eigenvalue weighted by Gasteiger charge is 2.36. The van der Waals surface area contributed by atoms with Gasteiger partial charge in [-0.1, -0.05) is 18.2 Å². The number of rotatable bonds is 2. The molecule has 2 aromatic rings. The summed E-state index contributed by atoms with van der Waals surface area (Å²) in [4.78, 5) is 0. The quantitative estimate of drug-likeness (QED) is 0.822. The molecule has 0 aliphatic carbocycles. The summed E-state index contributed by atoms with van der Waals surface area (Å²) < 4.78 is 28.2. The first-order chi connectivity index (χ1) is 9.00. The Labute approximate surface area is 125 Å². The van der Waals surface area contributed by atoms with Crippen LogP contribution in [0.3, 0.4) is 0 Å². The molecular formula is C13H12BrNO2S2. The Kier molecular flexibility index (Phi) is 3.19. The predicted octanol–water partition coefficient (Wildman–Crippen LogP) is 3.65. The lowest BCUT2D eigenvalue weighted by atomic mass is 10.1. The maximum atomic E-state index is 12.7. The van der Waals surface area contributed by atoms with Crippen LogP contribution < -0.4 is 4.31 Å². The standard InChI is InChI=1S/C13H12BrNO2S2/c1-9-8-10-4-2-3-5-11(10)15(9)19(16,17)13-7-6-12(14)18-13/h2-7,9H,8H2,1H3/t9-/m1/s1. The minimum absolute atomic E-state index is 0.0386. The lowest BCUT2D eigenvalue weighted by Crippen LogP contribution is -2.35. The monoisotopic (exact) mass is 357 g/mol. The summed E-state index contributed by atoms with van der Waals surface area (Å²) in [6.45, 7) is 1.94. The van der Waals surface area contributed by atoms with Gasteiger partial charge in [0.1, 0.15) is 4.21 Å². The number of para-hydroxylation sites is 1. The van der Waals surface area contributed by atoms with Gasteiger partial charge in [-0.3, -0.25) is 4.31 Å². The summed E-state index contributed by atoms with van der Waals surface area (Å²) in [5, 5.41) is 0. The van der Waals surface area contributed by atoms with Crippen molar-refractivity contribution < 1.29 is 8.42 Å². The van der Waals surface area contributed by atoms with Gasteiger partial charge in [-0.15, -0.1) is 11.3 Å². The number of benzene rings is 1. The number of halogens is 1. The molecule has 1 atom stereocenters. The Morgan fingerprint density at radius 2 is 2.00 bits per heavy atom. The van der Waals surface area contributed by atoms with Crippen LogP contribution in [0.1, 0.15) is 12.5 Å². The third kappa shape index (κ3) is 2.11. The van der Waals surface area contributed by atoms with Crippen molar-refractivity contribution in [3.05, 3.63) is 45.7 Å². The second-order valence-electron chi connectivity index (χ2n) is 4.54.